The predicted molar refractivity (Wildman–Crippen MR) is 114 cm³/mol. The molecule has 0 saturated carbocycles. The highest BCUT2D eigenvalue weighted by atomic mass is 16.5. The van der Waals surface area contributed by atoms with E-state index in [4.69, 9.17) is 14.2 Å². The van der Waals surface area contributed by atoms with Gasteiger partial charge in [-0.1, -0.05) is 30.4 Å². The first-order valence-corrected chi connectivity index (χ1v) is 10.3. The number of carbonyl (C=O) groups is 2. The number of rotatable bonds is 6. The second kappa shape index (κ2) is 7.42. The quantitative estimate of drug-likeness (QED) is 0.726. The molecule has 5 rings (SSSR count). The molecule has 31 heavy (non-hydrogen) atoms. The molecule has 2 bridgehead atoms. The van der Waals surface area contributed by atoms with Gasteiger partial charge in [0.1, 0.15) is 17.1 Å². The fourth-order valence-electron chi connectivity index (χ4n) is 4.88. The Balaban J connectivity index is 1.36. The predicted octanol–water partition coefficient (Wildman–Crippen LogP) is 2.31. The fourth-order valence-corrected chi connectivity index (χ4v) is 4.88. The molecular formula is C24H24N2O5. The van der Waals surface area contributed by atoms with Gasteiger partial charge >= 0.3 is 0 Å². The molecule has 3 heterocycles. The van der Waals surface area contributed by atoms with E-state index in [1.165, 1.54) is 0 Å². The first-order chi connectivity index (χ1) is 15.0. The van der Waals surface area contributed by atoms with E-state index >= 15 is 0 Å². The van der Waals surface area contributed by atoms with Gasteiger partial charge < -0.3 is 24.4 Å². The summed E-state index contributed by atoms with van der Waals surface area (Å²) in [5.41, 5.74) is 0.907. The smallest absolute Gasteiger partial charge is 0.234 e. The monoisotopic (exact) mass is 420 g/mol. The first kappa shape index (κ1) is 19.6. The van der Waals surface area contributed by atoms with Crippen molar-refractivity contribution >= 4 is 17.5 Å². The van der Waals surface area contributed by atoms with Crippen molar-refractivity contribution in [1.29, 1.82) is 0 Å². The van der Waals surface area contributed by atoms with Crippen LogP contribution in [-0.4, -0.2) is 44.3 Å². The molecule has 2 aromatic carbocycles. The Hall–Kier alpha value is -3.32. The van der Waals surface area contributed by atoms with Crippen molar-refractivity contribution in [3.63, 3.8) is 0 Å². The molecule has 3 aliphatic heterocycles. The number of amides is 2. The van der Waals surface area contributed by atoms with Gasteiger partial charge in [-0.3, -0.25) is 9.59 Å². The summed E-state index contributed by atoms with van der Waals surface area (Å²) in [6.07, 6.45) is 3.48. The van der Waals surface area contributed by atoms with Gasteiger partial charge in [-0.25, -0.2) is 0 Å². The molecule has 4 atom stereocenters. The van der Waals surface area contributed by atoms with E-state index in [-0.39, 0.29) is 17.9 Å². The number of nitrogens with one attached hydrogen (secondary N) is 1. The highest BCUT2D eigenvalue weighted by Gasteiger charge is 2.67. The summed E-state index contributed by atoms with van der Waals surface area (Å²) in [5.74, 6) is 0.0363. The first-order valence-electron chi connectivity index (χ1n) is 10.3. The van der Waals surface area contributed by atoms with E-state index in [9.17, 15) is 9.59 Å². The largest absolute Gasteiger partial charge is 0.497 e. The molecule has 7 nitrogen and oxygen atoms in total. The minimum Gasteiger partial charge on any atom is -0.497 e. The number of carbonyl (C=O) groups excluding carboxylic acids is 2. The lowest BCUT2D eigenvalue weighted by atomic mass is 9.77. The molecule has 3 aliphatic rings. The van der Waals surface area contributed by atoms with Crippen LogP contribution in [0.4, 0.5) is 5.69 Å². The van der Waals surface area contributed by atoms with E-state index in [1.807, 2.05) is 60.7 Å². The number of hydrogen-bond donors (Lipinski definition) is 1. The lowest BCUT2D eigenvalue weighted by Gasteiger charge is -2.23. The summed E-state index contributed by atoms with van der Waals surface area (Å²) in [6, 6.07) is 14.9. The van der Waals surface area contributed by atoms with E-state index in [0.29, 0.717) is 18.8 Å². The Morgan fingerprint density at radius 2 is 1.90 bits per heavy atom. The SMILES string of the molecule is COc1cccc(CNC(=O)[C@@H]2[C@H]3C(=O)N(c4cccc(OC)c4)C[C@@]34C=C[C@H]2O4)c1. The maximum absolute atomic E-state index is 13.4. The third kappa shape index (κ3) is 3.16. The molecule has 0 radical (unpaired) electrons. The number of ether oxygens (including phenoxy) is 3. The molecule has 160 valence electrons. The molecule has 2 amide bonds. The van der Waals surface area contributed by atoms with Crippen molar-refractivity contribution < 1.29 is 23.8 Å². The van der Waals surface area contributed by atoms with Crippen LogP contribution in [0.25, 0.3) is 0 Å². The van der Waals surface area contributed by atoms with Gasteiger partial charge in [0.2, 0.25) is 11.8 Å². The second-order valence-electron chi connectivity index (χ2n) is 8.10. The van der Waals surface area contributed by atoms with Crippen LogP contribution in [0.1, 0.15) is 5.56 Å². The van der Waals surface area contributed by atoms with Crippen molar-refractivity contribution in [3.8, 4) is 11.5 Å². The zero-order chi connectivity index (χ0) is 21.6. The summed E-state index contributed by atoms with van der Waals surface area (Å²) >= 11 is 0. The third-order valence-corrected chi connectivity index (χ3v) is 6.37. The zero-order valence-electron chi connectivity index (χ0n) is 17.4. The van der Waals surface area contributed by atoms with E-state index in [2.05, 4.69) is 5.32 Å². The van der Waals surface area contributed by atoms with E-state index in [1.54, 1.807) is 19.1 Å². The van der Waals surface area contributed by atoms with Crippen LogP contribution in [0, 0.1) is 11.8 Å². The van der Waals surface area contributed by atoms with Gasteiger partial charge in [0, 0.05) is 18.3 Å². The number of anilines is 1. The number of benzene rings is 2. The molecule has 7 heteroatoms. The number of methoxy groups -OCH3 is 2. The highest BCUT2D eigenvalue weighted by Crippen LogP contribution is 2.52. The summed E-state index contributed by atoms with van der Waals surface area (Å²) < 4.78 is 16.7. The van der Waals surface area contributed by atoms with Crippen LogP contribution < -0.4 is 19.7 Å². The third-order valence-electron chi connectivity index (χ3n) is 6.37. The molecule has 1 N–H and O–H groups in total. The molecule has 1 spiro atoms. The Bertz CT molecular complexity index is 1070. The average molecular weight is 420 g/mol. The maximum Gasteiger partial charge on any atom is 0.234 e. The minimum absolute atomic E-state index is 0.0957. The number of hydrogen-bond acceptors (Lipinski definition) is 5. The van der Waals surface area contributed by atoms with Crippen LogP contribution >= 0.6 is 0 Å². The Labute approximate surface area is 180 Å². The Kier molecular flexibility index (Phi) is 4.70. The molecule has 0 aromatic heterocycles. The molecule has 2 saturated heterocycles. The van der Waals surface area contributed by atoms with Gasteiger partial charge in [-0.05, 0) is 29.8 Å². The van der Waals surface area contributed by atoms with Crippen molar-refractivity contribution in [2.75, 3.05) is 25.7 Å². The van der Waals surface area contributed by atoms with Crippen LogP contribution in [0.3, 0.4) is 0 Å². The zero-order valence-corrected chi connectivity index (χ0v) is 17.4. The normalized spacial score (nSPS) is 28.0. The molecule has 2 fully saturated rings. The molecular weight excluding hydrogens is 396 g/mol. The minimum atomic E-state index is -0.761. The lowest BCUT2D eigenvalue weighted by Crippen LogP contribution is -2.43. The highest BCUT2D eigenvalue weighted by molar-refractivity contribution is 6.03. The maximum atomic E-state index is 13.4. The summed E-state index contributed by atoms with van der Waals surface area (Å²) in [4.78, 5) is 28.3. The van der Waals surface area contributed by atoms with Gasteiger partial charge in [0.25, 0.3) is 0 Å². The van der Waals surface area contributed by atoms with Gasteiger partial charge in [-0.15, -0.1) is 0 Å². The van der Waals surface area contributed by atoms with Crippen LogP contribution in [0.5, 0.6) is 11.5 Å². The Morgan fingerprint density at radius 1 is 1.16 bits per heavy atom. The fraction of sp³-hybridized carbons (Fsp3) is 0.333. The number of fused-ring (bicyclic) bond motifs is 1. The van der Waals surface area contributed by atoms with Crippen LogP contribution in [0.15, 0.2) is 60.7 Å². The van der Waals surface area contributed by atoms with Crippen LogP contribution in [0.2, 0.25) is 0 Å². The average Bonchev–Trinajstić information content (AvgIpc) is 3.46. The summed E-state index contributed by atoms with van der Waals surface area (Å²) in [7, 11) is 3.20. The molecule has 2 aromatic rings. The van der Waals surface area contributed by atoms with Crippen molar-refractivity contribution in [1.82, 2.24) is 5.32 Å². The van der Waals surface area contributed by atoms with Gasteiger partial charge in [0.15, 0.2) is 0 Å². The van der Waals surface area contributed by atoms with Crippen molar-refractivity contribution in [2.45, 2.75) is 18.2 Å². The van der Waals surface area contributed by atoms with E-state index in [0.717, 1.165) is 17.0 Å². The topological polar surface area (TPSA) is 77.1 Å². The van der Waals surface area contributed by atoms with Gasteiger partial charge in [-0.2, -0.15) is 0 Å². The van der Waals surface area contributed by atoms with Gasteiger partial charge in [0.05, 0.1) is 38.7 Å². The summed E-state index contributed by atoms with van der Waals surface area (Å²) in [6.45, 7) is 0.743. The number of nitrogens with zero attached hydrogens (tertiary/aromatic N) is 1. The van der Waals surface area contributed by atoms with E-state index < -0.39 is 17.4 Å². The molecule has 0 unspecified atom stereocenters. The van der Waals surface area contributed by atoms with Crippen molar-refractivity contribution in [2.24, 2.45) is 11.8 Å². The standard InChI is InChI=1S/C24H24N2O5/c1-29-17-7-3-5-15(11-17)13-25-22(27)20-19-9-10-24(31-19)14-26(23(28)21(20)24)16-6-4-8-18(12-16)30-2/h3-12,19-21H,13-14H2,1-2H3,(H,25,27)/t19-,20+,21+,24+/m1/s1. The Morgan fingerprint density at radius 3 is 2.68 bits per heavy atom. The van der Waals surface area contributed by atoms with Crippen LogP contribution in [-0.2, 0) is 20.9 Å². The van der Waals surface area contributed by atoms with Crippen molar-refractivity contribution in [3.05, 3.63) is 66.2 Å². The lowest BCUT2D eigenvalue weighted by molar-refractivity contribution is -0.132. The summed E-state index contributed by atoms with van der Waals surface area (Å²) in [5, 5.41) is 2.98. The second-order valence-corrected chi connectivity index (χ2v) is 8.10. The molecule has 0 aliphatic carbocycles.